The fourth-order valence-electron chi connectivity index (χ4n) is 3.47. The standard InChI is InChI=1S/C20H22ClN5O/c21-17-6-3-5-15(13-17)19-24-23-18-14-16(7-12-26(18)19)20(27)22-8-4-11-25-9-1-2-10-25/h3,5-7,12-14H,1-2,4,8-11H2,(H,22,27). The van der Waals surface area contributed by atoms with E-state index in [1.165, 1.54) is 25.9 Å². The predicted molar refractivity (Wildman–Crippen MR) is 106 cm³/mol. The molecule has 0 aliphatic carbocycles. The fraction of sp³-hybridized carbons (Fsp3) is 0.350. The molecule has 1 amide bonds. The van der Waals surface area contributed by atoms with Crippen molar-refractivity contribution in [2.75, 3.05) is 26.2 Å². The summed E-state index contributed by atoms with van der Waals surface area (Å²) >= 11 is 6.07. The summed E-state index contributed by atoms with van der Waals surface area (Å²) < 4.78 is 1.86. The molecule has 1 aromatic carbocycles. The number of nitrogens with zero attached hydrogens (tertiary/aromatic N) is 4. The molecule has 1 N–H and O–H groups in total. The Bertz CT molecular complexity index is 948. The van der Waals surface area contributed by atoms with E-state index in [0.717, 1.165) is 18.5 Å². The minimum atomic E-state index is -0.0776. The summed E-state index contributed by atoms with van der Waals surface area (Å²) in [6.45, 7) is 4.10. The first kappa shape index (κ1) is 17.9. The molecule has 7 heteroatoms. The van der Waals surface area contributed by atoms with Gasteiger partial charge < -0.3 is 10.2 Å². The molecule has 1 fully saturated rings. The van der Waals surface area contributed by atoms with Gasteiger partial charge in [-0.15, -0.1) is 10.2 Å². The van der Waals surface area contributed by atoms with Crippen LogP contribution in [0.1, 0.15) is 29.6 Å². The van der Waals surface area contributed by atoms with Crippen molar-refractivity contribution in [2.45, 2.75) is 19.3 Å². The number of nitrogens with one attached hydrogen (secondary N) is 1. The number of aromatic nitrogens is 3. The molecular weight excluding hydrogens is 362 g/mol. The lowest BCUT2D eigenvalue weighted by Crippen LogP contribution is -2.28. The molecule has 0 radical (unpaired) electrons. The van der Waals surface area contributed by atoms with Crippen LogP contribution < -0.4 is 5.32 Å². The molecule has 0 unspecified atom stereocenters. The first-order valence-corrected chi connectivity index (χ1v) is 9.70. The summed E-state index contributed by atoms with van der Waals surface area (Å²) in [6, 6.07) is 11.0. The molecule has 1 aliphatic heterocycles. The maximum absolute atomic E-state index is 12.4. The molecule has 0 atom stereocenters. The highest BCUT2D eigenvalue weighted by atomic mass is 35.5. The third kappa shape index (κ3) is 4.12. The van der Waals surface area contributed by atoms with Gasteiger partial charge in [0.05, 0.1) is 0 Å². The third-order valence-corrected chi connectivity index (χ3v) is 5.13. The highest BCUT2D eigenvalue weighted by Gasteiger charge is 2.13. The average Bonchev–Trinajstić information content (AvgIpc) is 3.34. The van der Waals surface area contributed by atoms with Crippen LogP contribution in [0, 0.1) is 0 Å². The van der Waals surface area contributed by atoms with E-state index in [0.29, 0.717) is 28.6 Å². The Morgan fingerprint density at radius 1 is 1.15 bits per heavy atom. The van der Waals surface area contributed by atoms with Crippen LogP contribution in [0.3, 0.4) is 0 Å². The van der Waals surface area contributed by atoms with Gasteiger partial charge in [0, 0.05) is 28.9 Å². The lowest BCUT2D eigenvalue weighted by molar-refractivity contribution is 0.0952. The smallest absolute Gasteiger partial charge is 0.251 e. The van der Waals surface area contributed by atoms with Crippen molar-refractivity contribution in [3.05, 3.63) is 53.2 Å². The highest BCUT2D eigenvalue weighted by molar-refractivity contribution is 6.30. The van der Waals surface area contributed by atoms with Crippen molar-refractivity contribution in [3.8, 4) is 11.4 Å². The number of hydrogen-bond acceptors (Lipinski definition) is 4. The number of likely N-dealkylation sites (tertiary alicyclic amines) is 1. The maximum atomic E-state index is 12.4. The summed E-state index contributed by atoms with van der Waals surface area (Å²) in [5.41, 5.74) is 2.11. The van der Waals surface area contributed by atoms with Crippen molar-refractivity contribution >= 4 is 23.2 Å². The zero-order valence-corrected chi connectivity index (χ0v) is 15.8. The average molecular weight is 384 g/mol. The molecule has 3 aromatic rings. The van der Waals surface area contributed by atoms with Crippen molar-refractivity contribution in [3.63, 3.8) is 0 Å². The SMILES string of the molecule is O=C(NCCCN1CCCC1)c1ccn2c(-c3cccc(Cl)c3)nnc2c1. The van der Waals surface area contributed by atoms with Gasteiger partial charge in [-0.2, -0.15) is 0 Å². The summed E-state index contributed by atoms with van der Waals surface area (Å²) in [5.74, 6) is 0.622. The summed E-state index contributed by atoms with van der Waals surface area (Å²) in [4.78, 5) is 14.9. The number of rotatable bonds is 6. The Hall–Kier alpha value is -2.44. The van der Waals surface area contributed by atoms with Crippen molar-refractivity contribution in [1.29, 1.82) is 0 Å². The molecule has 2 aromatic heterocycles. The second kappa shape index (κ2) is 8.06. The van der Waals surface area contributed by atoms with E-state index in [-0.39, 0.29) is 5.91 Å². The Kier molecular flexibility index (Phi) is 5.36. The monoisotopic (exact) mass is 383 g/mol. The highest BCUT2D eigenvalue weighted by Crippen LogP contribution is 2.22. The van der Waals surface area contributed by atoms with Gasteiger partial charge in [-0.05, 0) is 63.2 Å². The van der Waals surface area contributed by atoms with Gasteiger partial charge in [0.15, 0.2) is 11.5 Å². The van der Waals surface area contributed by atoms with E-state index in [4.69, 9.17) is 11.6 Å². The van der Waals surface area contributed by atoms with Gasteiger partial charge in [-0.3, -0.25) is 9.20 Å². The van der Waals surface area contributed by atoms with E-state index in [2.05, 4.69) is 20.4 Å². The van der Waals surface area contributed by atoms with E-state index in [1.54, 1.807) is 12.1 Å². The van der Waals surface area contributed by atoms with Gasteiger partial charge in [-0.1, -0.05) is 23.7 Å². The topological polar surface area (TPSA) is 62.5 Å². The quantitative estimate of drug-likeness (QED) is 0.663. The van der Waals surface area contributed by atoms with Gasteiger partial charge in [0.2, 0.25) is 0 Å². The number of pyridine rings is 1. The largest absolute Gasteiger partial charge is 0.352 e. The van der Waals surface area contributed by atoms with Crippen molar-refractivity contribution in [1.82, 2.24) is 24.8 Å². The molecule has 0 spiro atoms. The van der Waals surface area contributed by atoms with Crippen LogP contribution in [0.25, 0.3) is 17.0 Å². The van der Waals surface area contributed by atoms with Crippen LogP contribution in [0.4, 0.5) is 0 Å². The lowest BCUT2D eigenvalue weighted by Gasteiger charge is -2.14. The van der Waals surface area contributed by atoms with Crippen LogP contribution in [-0.2, 0) is 0 Å². The molecule has 6 nitrogen and oxygen atoms in total. The first-order valence-electron chi connectivity index (χ1n) is 9.32. The molecule has 4 rings (SSSR count). The van der Waals surface area contributed by atoms with E-state index < -0.39 is 0 Å². The number of amides is 1. The fourth-order valence-corrected chi connectivity index (χ4v) is 3.66. The van der Waals surface area contributed by atoms with Crippen LogP contribution in [-0.4, -0.2) is 51.6 Å². The molecule has 140 valence electrons. The van der Waals surface area contributed by atoms with Gasteiger partial charge >= 0.3 is 0 Å². The van der Waals surface area contributed by atoms with Crippen molar-refractivity contribution in [2.24, 2.45) is 0 Å². The number of benzene rings is 1. The number of carbonyl (C=O) groups excluding carboxylic acids is 1. The molecule has 1 saturated heterocycles. The normalized spacial score (nSPS) is 14.7. The second-order valence-corrected chi connectivity index (χ2v) is 7.27. The maximum Gasteiger partial charge on any atom is 0.251 e. The van der Waals surface area contributed by atoms with Crippen LogP contribution >= 0.6 is 11.6 Å². The van der Waals surface area contributed by atoms with Crippen LogP contribution in [0.2, 0.25) is 5.02 Å². The summed E-state index contributed by atoms with van der Waals surface area (Å²) in [5, 5.41) is 12.1. The Morgan fingerprint density at radius 2 is 2.00 bits per heavy atom. The molecule has 0 saturated carbocycles. The summed E-state index contributed by atoms with van der Waals surface area (Å²) in [6.07, 6.45) is 5.38. The number of fused-ring (bicyclic) bond motifs is 1. The Balaban J connectivity index is 1.41. The third-order valence-electron chi connectivity index (χ3n) is 4.89. The predicted octanol–water partition coefficient (Wildman–Crippen LogP) is 3.27. The van der Waals surface area contributed by atoms with Gasteiger partial charge in [0.25, 0.3) is 5.91 Å². The molecular formula is C20H22ClN5O. The Morgan fingerprint density at radius 3 is 2.81 bits per heavy atom. The number of carbonyl (C=O) groups is 1. The van der Waals surface area contributed by atoms with Crippen molar-refractivity contribution < 1.29 is 4.79 Å². The van der Waals surface area contributed by atoms with E-state index in [1.807, 2.05) is 34.9 Å². The second-order valence-electron chi connectivity index (χ2n) is 6.84. The van der Waals surface area contributed by atoms with Gasteiger partial charge in [-0.25, -0.2) is 0 Å². The first-order chi connectivity index (χ1) is 13.2. The van der Waals surface area contributed by atoms with E-state index in [9.17, 15) is 4.79 Å². The number of hydrogen-bond donors (Lipinski definition) is 1. The van der Waals surface area contributed by atoms with Crippen LogP contribution in [0.15, 0.2) is 42.6 Å². The zero-order valence-electron chi connectivity index (χ0n) is 15.1. The zero-order chi connectivity index (χ0) is 18.6. The minimum Gasteiger partial charge on any atom is -0.352 e. The number of halogens is 1. The van der Waals surface area contributed by atoms with Crippen LogP contribution in [0.5, 0.6) is 0 Å². The molecule has 0 bridgehead atoms. The Labute approximate surface area is 163 Å². The minimum absolute atomic E-state index is 0.0776. The molecule has 27 heavy (non-hydrogen) atoms. The molecule has 3 heterocycles. The van der Waals surface area contributed by atoms with Gasteiger partial charge in [0.1, 0.15) is 0 Å². The lowest BCUT2D eigenvalue weighted by atomic mass is 10.2. The van der Waals surface area contributed by atoms with E-state index >= 15 is 0 Å². The molecule has 1 aliphatic rings. The summed E-state index contributed by atoms with van der Waals surface area (Å²) in [7, 11) is 0.